The predicted octanol–water partition coefficient (Wildman–Crippen LogP) is -0.0634. The fourth-order valence-corrected chi connectivity index (χ4v) is 4.06. The molecule has 3 aliphatic rings. The molecule has 3 aliphatic heterocycles. The van der Waals surface area contributed by atoms with Gasteiger partial charge < -0.3 is 19.7 Å². The first-order valence-electron chi connectivity index (χ1n) is 9.83. The van der Waals surface area contributed by atoms with E-state index < -0.39 is 0 Å². The molecule has 0 amide bonds. The van der Waals surface area contributed by atoms with Crippen LogP contribution in [0.4, 0.5) is 0 Å². The van der Waals surface area contributed by atoms with E-state index in [1.807, 2.05) is 7.05 Å². The number of rotatable bonds is 5. The first-order valence-corrected chi connectivity index (χ1v) is 9.83. The molecule has 144 valence electrons. The normalized spacial score (nSPS) is 28.3. The summed E-state index contributed by atoms with van der Waals surface area (Å²) in [5.41, 5.74) is 0. The first-order chi connectivity index (χ1) is 12.3. The van der Waals surface area contributed by atoms with Crippen molar-refractivity contribution in [2.24, 2.45) is 10.9 Å². The summed E-state index contributed by atoms with van der Waals surface area (Å²) in [4.78, 5) is 12.0. The van der Waals surface area contributed by atoms with E-state index >= 15 is 0 Å². The van der Waals surface area contributed by atoms with E-state index in [0.29, 0.717) is 12.0 Å². The molecule has 0 aromatic carbocycles. The second kappa shape index (κ2) is 9.71. The Kier molecular flexibility index (Phi) is 7.34. The molecule has 3 fully saturated rings. The van der Waals surface area contributed by atoms with Crippen LogP contribution in [0.25, 0.3) is 0 Å². The van der Waals surface area contributed by atoms with Gasteiger partial charge in [0.15, 0.2) is 5.96 Å². The maximum Gasteiger partial charge on any atom is 0.193 e. The molecule has 1 N–H and O–H groups in total. The Bertz CT molecular complexity index is 422. The molecular weight excluding hydrogens is 318 g/mol. The summed E-state index contributed by atoms with van der Waals surface area (Å²) in [5, 5.41) is 3.60. The summed E-state index contributed by atoms with van der Waals surface area (Å²) < 4.78 is 10.9. The highest BCUT2D eigenvalue weighted by Crippen LogP contribution is 2.17. The Morgan fingerprint density at radius 1 is 1.08 bits per heavy atom. The van der Waals surface area contributed by atoms with Gasteiger partial charge in [-0.15, -0.1) is 0 Å². The van der Waals surface area contributed by atoms with Crippen LogP contribution in [0.3, 0.4) is 0 Å². The molecule has 0 bridgehead atoms. The molecule has 2 unspecified atom stereocenters. The topological polar surface area (TPSA) is 52.6 Å². The third kappa shape index (κ3) is 5.54. The van der Waals surface area contributed by atoms with Crippen molar-refractivity contribution >= 4 is 5.96 Å². The summed E-state index contributed by atoms with van der Waals surface area (Å²) in [5.74, 6) is 1.66. The molecule has 2 atom stereocenters. The van der Waals surface area contributed by atoms with Crippen molar-refractivity contribution in [3.05, 3.63) is 0 Å². The zero-order valence-corrected chi connectivity index (χ0v) is 16.0. The molecule has 0 spiro atoms. The van der Waals surface area contributed by atoms with Crippen molar-refractivity contribution < 1.29 is 9.47 Å². The second-order valence-corrected chi connectivity index (χ2v) is 7.48. The van der Waals surface area contributed by atoms with Crippen LogP contribution >= 0.6 is 0 Å². The minimum absolute atomic E-state index is 0.604. The number of aliphatic imine (C=N–C) groups is 1. The van der Waals surface area contributed by atoms with Crippen LogP contribution in [0.2, 0.25) is 0 Å². The SMILES string of the molecule is CN=C(NCC(C)CN1CCOCC1)N1CCC(N2CCOCC2)C1. The van der Waals surface area contributed by atoms with Crippen LogP contribution in [-0.2, 0) is 9.47 Å². The van der Waals surface area contributed by atoms with Gasteiger partial charge in [0.05, 0.1) is 26.4 Å². The van der Waals surface area contributed by atoms with E-state index in [1.54, 1.807) is 0 Å². The Hall–Kier alpha value is -0.890. The monoisotopic (exact) mass is 353 g/mol. The molecule has 3 rings (SSSR count). The molecule has 25 heavy (non-hydrogen) atoms. The van der Waals surface area contributed by atoms with Gasteiger partial charge in [0, 0.05) is 65.4 Å². The highest BCUT2D eigenvalue weighted by atomic mass is 16.5. The van der Waals surface area contributed by atoms with Crippen molar-refractivity contribution in [2.45, 2.75) is 19.4 Å². The molecule has 7 heteroatoms. The third-order valence-corrected chi connectivity index (χ3v) is 5.52. The number of guanidine groups is 1. The van der Waals surface area contributed by atoms with Crippen molar-refractivity contribution in [1.29, 1.82) is 0 Å². The second-order valence-electron chi connectivity index (χ2n) is 7.48. The Morgan fingerprint density at radius 3 is 2.44 bits per heavy atom. The van der Waals surface area contributed by atoms with E-state index in [2.05, 4.69) is 31.9 Å². The molecule has 0 radical (unpaired) electrons. The first kappa shape index (κ1) is 18.9. The molecule has 3 saturated heterocycles. The Labute approximate surface area is 152 Å². The smallest absolute Gasteiger partial charge is 0.193 e. The van der Waals surface area contributed by atoms with Gasteiger partial charge in [0.2, 0.25) is 0 Å². The van der Waals surface area contributed by atoms with Crippen LogP contribution in [0.15, 0.2) is 4.99 Å². The summed E-state index contributed by atoms with van der Waals surface area (Å²) in [6.45, 7) is 14.4. The van der Waals surface area contributed by atoms with Crippen molar-refractivity contribution in [2.75, 3.05) is 85.8 Å². The highest BCUT2D eigenvalue weighted by Gasteiger charge is 2.30. The summed E-state index contributed by atoms with van der Waals surface area (Å²) in [6, 6.07) is 0.647. The highest BCUT2D eigenvalue weighted by molar-refractivity contribution is 5.80. The predicted molar refractivity (Wildman–Crippen MR) is 100 cm³/mol. The lowest BCUT2D eigenvalue weighted by molar-refractivity contribution is 0.0194. The number of likely N-dealkylation sites (tertiary alicyclic amines) is 1. The van der Waals surface area contributed by atoms with Gasteiger partial charge >= 0.3 is 0 Å². The lowest BCUT2D eigenvalue weighted by atomic mass is 10.1. The molecule has 3 heterocycles. The molecule has 7 nitrogen and oxygen atoms in total. The average molecular weight is 354 g/mol. The van der Waals surface area contributed by atoms with Crippen molar-refractivity contribution in [1.82, 2.24) is 20.0 Å². The van der Waals surface area contributed by atoms with E-state index in [0.717, 1.165) is 84.7 Å². The Balaban J connectivity index is 1.40. The van der Waals surface area contributed by atoms with Crippen LogP contribution in [0.5, 0.6) is 0 Å². The van der Waals surface area contributed by atoms with E-state index in [9.17, 15) is 0 Å². The molecule has 0 aliphatic carbocycles. The van der Waals surface area contributed by atoms with Crippen LogP contribution < -0.4 is 5.32 Å². The lowest BCUT2D eigenvalue weighted by Crippen LogP contribution is -2.47. The molecule has 0 aromatic heterocycles. The van der Waals surface area contributed by atoms with Gasteiger partial charge in [-0.05, 0) is 12.3 Å². The van der Waals surface area contributed by atoms with Gasteiger partial charge in [0.25, 0.3) is 0 Å². The maximum absolute atomic E-state index is 5.48. The fraction of sp³-hybridized carbons (Fsp3) is 0.944. The zero-order chi connectivity index (χ0) is 17.5. The lowest BCUT2D eigenvalue weighted by Gasteiger charge is -2.32. The van der Waals surface area contributed by atoms with Crippen LogP contribution in [0.1, 0.15) is 13.3 Å². The summed E-state index contributed by atoms with van der Waals surface area (Å²) in [6.07, 6.45) is 1.23. The van der Waals surface area contributed by atoms with Crippen molar-refractivity contribution in [3.8, 4) is 0 Å². The van der Waals surface area contributed by atoms with Crippen LogP contribution in [0, 0.1) is 5.92 Å². The van der Waals surface area contributed by atoms with Crippen LogP contribution in [-0.4, -0.2) is 113 Å². The zero-order valence-electron chi connectivity index (χ0n) is 16.0. The largest absolute Gasteiger partial charge is 0.379 e. The molecular formula is C18H35N5O2. The number of ether oxygens (including phenoxy) is 2. The fourth-order valence-electron chi connectivity index (χ4n) is 4.06. The minimum Gasteiger partial charge on any atom is -0.379 e. The summed E-state index contributed by atoms with van der Waals surface area (Å²) in [7, 11) is 1.90. The third-order valence-electron chi connectivity index (χ3n) is 5.52. The minimum atomic E-state index is 0.604. The number of nitrogens with one attached hydrogen (secondary N) is 1. The van der Waals surface area contributed by atoms with Crippen molar-refractivity contribution in [3.63, 3.8) is 0 Å². The number of hydrogen-bond donors (Lipinski definition) is 1. The van der Waals surface area contributed by atoms with E-state index in [1.165, 1.54) is 6.42 Å². The average Bonchev–Trinajstić information content (AvgIpc) is 3.14. The van der Waals surface area contributed by atoms with E-state index in [-0.39, 0.29) is 0 Å². The van der Waals surface area contributed by atoms with Gasteiger partial charge in [-0.25, -0.2) is 0 Å². The van der Waals surface area contributed by atoms with Gasteiger partial charge in [-0.3, -0.25) is 14.8 Å². The summed E-state index contributed by atoms with van der Waals surface area (Å²) >= 11 is 0. The maximum atomic E-state index is 5.48. The van der Waals surface area contributed by atoms with Gasteiger partial charge in [0.1, 0.15) is 0 Å². The number of morpholine rings is 2. The standard InChI is InChI=1S/C18H35N5O2/c1-16(14-21-5-9-24-10-6-21)13-20-18(19-2)23-4-3-17(15-23)22-7-11-25-12-8-22/h16-17H,3-15H2,1-2H3,(H,19,20). The number of nitrogens with zero attached hydrogens (tertiary/aromatic N) is 4. The van der Waals surface area contributed by atoms with Gasteiger partial charge in [-0.2, -0.15) is 0 Å². The quantitative estimate of drug-likeness (QED) is 0.552. The number of hydrogen-bond acceptors (Lipinski definition) is 5. The molecule has 0 saturated carbocycles. The van der Waals surface area contributed by atoms with E-state index in [4.69, 9.17) is 9.47 Å². The molecule has 0 aromatic rings. The van der Waals surface area contributed by atoms with Gasteiger partial charge in [-0.1, -0.05) is 6.92 Å². The Morgan fingerprint density at radius 2 is 1.76 bits per heavy atom.